The minimum Gasteiger partial charge on any atom is -0.493 e. The summed E-state index contributed by atoms with van der Waals surface area (Å²) in [6.07, 6.45) is 6.08. The van der Waals surface area contributed by atoms with Gasteiger partial charge in [-0.3, -0.25) is 15.1 Å². The smallest absolute Gasteiger partial charge is 0.339 e. The molecule has 0 bridgehead atoms. The topological polar surface area (TPSA) is 140 Å². The molecule has 0 spiro atoms. The van der Waals surface area contributed by atoms with E-state index in [0.717, 1.165) is 44.3 Å². The van der Waals surface area contributed by atoms with Gasteiger partial charge in [-0.1, -0.05) is 19.1 Å². The summed E-state index contributed by atoms with van der Waals surface area (Å²) in [6, 6.07) is 14.3. The van der Waals surface area contributed by atoms with Crippen LogP contribution < -0.4 is 25.0 Å². The number of benzene rings is 3. The number of anilines is 1. The molecule has 1 saturated heterocycles. The Bertz CT molecular complexity index is 1730. The molecule has 13 heteroatoms. The maximum absolute atomic E-state index is 15.1. The molecule has 1 aliphatic rings. The van der Waals surface area contributed by atoms with E-state index in [0.29, 0.717) is 34.8 Å². The van der Waals surface area contributed by atoms with E-state index in [-0.39, 0.29) is 22.7 Å². The molecular formula is C33H35FN6O6. The Balaban J connectivity index is 1.20. The summed E-state index contributed by atoms with van der Waals surface area (Å²) in [7, 11) is 1.55. The summed E-state index contributed by atoms with van der Waals surface area (Å²) in [6.45, 7) is 6.08. The van der Waals surface area contributed by atoms with E-state index in [2.05, 4.69) is 32.7 Å². The molecule has 0 unspecified atom stereocenters. The number of aromatic nitrogens is 1. The van der Waals surface area contributed by atoms with E-state index >= 15 is 4.39 Å². The number of carbonyl (C=O) groups is 1. The highest BCUT2D eigenvalue weighted by molar-refractivity contribution is 5.91. The number of nitrogens with one attached hydrogen (secondary N) is 2. The number of halogens is 1. The maximum atomic E-state index is 15.1. The molecule has 2 N–H and O–H groups in total. The molecule has 0 saturated carbocycles. The predicted octanol–water partition coefficient (Wildman–Crippen LogP) is 6.74. The van der Waals surface area contributed by atoms with Crippen LogP contribution in [0.25, 0.3) is 10.9 Å². The first-order chi connectivity index (χ1) is 22.3. The summed E-state index contributed by atoms with van der Waals surface area (Å²) in [5.74, 6) is 1.44. The number of hydrogen-bond donors (Lipinski definition) is 2. The van der Waals surface area contributed by atoms with Crippen molar-refractivity contribution in [3.05, 3.63) is 88.4 Å². The van der Waals surface area contributed by atoms with E-state index in [1.807, 2.05) is 0 Å². The third-order valence-corrected chi connectivity index (χ3v) is 7.65. The Morgan fingerprint density at radius 3 is 2.67 bits per heavy atom. The van der Waals surface area contributed by atoms with E-state index in [1.165, 1.54) is 43.2 Å². The minimum atomic E-state index is -0.769. The average molecular weight is 631 g/mol. The number of carbonyl (C=O) groups excluding carboxylic acids is 1. The van der Waals surface area contributed by atoms with Crippen molar-refractivity contribution >= 4 is 34.5 Å². The zero-order chi connectivity index (χ0) is 32.5. The first kappa shape index (κ1) is 32.1. The number of ether oxygens (including phenoxy) is 3. The summed E-state index contributed by atoms with van der Waals surface area (Å²) in [5, 5.41) is 17.9. The van der Waals surface area contributed by atoms with Gasteiger partial charge in [0.05, 0.1) is 35.9 Å². The number of fused-ring (bicyclic) bond motifs is 1. The molecule has 240 valence electrons. The van der Waals surface area contributed by atoms with Crippen molar-refractivity contribution in [1.29, 1.82) is 0 Å². The van der Waals surface area contributed by atoms with Crippen molar-refractivity contribution < 1.29 is 28.3 Å². The van der Waals surface area contributed by atoms with Crippen LogP contribution in [0.15, 0.2) is 72.0 Å². The summed E-state index contributed by atoms with van der Waals surface area (Å²) in [5.41, 5.74) is 2.98. The van der Waals surface area contributed by atoms with Gasteiger partial charge in [-0.25, -0.2) is 14.6 Å². The molecule has 3 aromatic carbocycles. The number of hydrogen-bond acceptors (Lipinski definition) is 9. The summed E-state index contributed by atoms with van der Waals surface area (Å²) in [4.78, 5) is 29.7. The molecule has 0 atom stereocenters. The molecule has 2 amide bonds. The number of rotatable bonds is 12. The monoisotopic (exact) mass is 630 g/mol. The number of nitro benzene ring substituents is 1. The standard InChI is InChI=1S/C33H35FN6O6/c1-22-11-15-39(16-12-22)14-5-17-45-32-20-27-25(19-31(32)44-2)29(10-13-35-27)46-30-9-8-24(18-26(30)34)37-33(41)38-36-21-23-6-3-4-7-28(23)40(42)43/h3-4,6-10,13,18-22H,5,11-12,14-17H2,1-2H3,(H2,37,38,41)/b36-21+. The molecule has 0 radical (unpaired) electrons. The van der Waals surface area contributed by atoms with Crippen molar-refractivity contribution in [1.82, 2.24) is 15.3 Å². The molecule has 0 aliphatic carbocycles. The number of hydrazone groups is 1. The van der Waals surface area contributed by atoms with Crippen LogP contribution in [0.4, 0.5) is 20.6 Å². The van der Waals surface area contributed by atoms with Gasteiger partial charge in [0, 0.05) is 42.0 Å². The second-order valence-corrected chi connectivity index (χ2v) is 10.9. The van der Waals surface area contributed by atoms with Crippen LogP contribution in [0.2, 0.25) is 0 Å². The number of para-hydroxylation sites is 1. The predicted molar refractivity (Wildman–Crippen MR) is 173 cm³/mol. The highest BCUT2D eigenvalue weighted by atomic mass is 19.1. The van der Waals surface area contributed by atoms with Crippen LogP contribution in [0.3, 0.4) is 0 Å². The second-order valence-electron chi connectivity index (χ2n) is 10.9. The number of pyridine rings is 1. The second kappa shape index (κ2) is 15.1. The third kappa shape index (κ3) is 8.24. The summed E-state index contributed by atoms with van der Waals surface area (Å²) >= 11 is 0. The Hall–Kier alpha value is -5.30. The van der Waals surface area contributed by atoms with Crippen molar-refractivity contribution in [3.8, 4) is 23.0 Å². The Kier molecular flexibility index (Phi) is 10.6. The van der Waals surface area contributed by atoms with Crippen LogP contribution in [0.1, 0.15) is 31.7 Å². The average Bonchev–Trinajstić information content (AvgIpc) is 3.05. The maximum Gasteiger partial charge on any atom is 0.339 e. The number of amides is 2. The number of methoxy groups -OCH3 is 1. The highest BCUT2D eigenvalue weighted by Gasteiger charge is 2.17. The zero-order valence-electron chi connectivity index (χ0n) is 25.6. The molecule has 46 heavy (non-hydrogen) atoms. The van der Waals surface area contributed by atoms with E-state index in [9.17, 15) is 14.9 Å². The van der Waals surface area contributed by atoms with Gasteiger partial charge in [-0.05, 0) is 68.6 Å². The normalized spacial score (nSPS) is 13.9. The molecular weight excluding hydrogens is 595 g/mol. The SMILES string of the molecule is COc1cc2c(Oc3ccc(NC(=O)N/N=C/c4ccccc4[N+](=O)[O-])cc3F)ccnc2cc1OCCCN1CCC(C)CC1. The molecule has 1 aliphatic heterocycles. The Labute approximate surface area is 265 Å². The zero-order valence-corrected chi connectivity index (χ0v) is 25.6. The van der Waals surface area contributed by atoms with Crippen LogP contribution in [-0.2, 0) is 0 Å². The van der Waals surface area contributed by atoms with E-state index < -0.39 is 16.8 Å². The third-order valence-electron chi connectivity index (χ3n) is 7.65. The molecule has 1 aromatic heterocycles. The van der Waals surface area contributed by atoms with Gasteiger partial charge < -0.3 is 24.4 Å². The molecule has 5 rings (SSSR count). The van der Waals surface area contributed by atoms with Crippen molar-refractivity contribution in [3.63, 3.8) is 0 Å². The fraction of sp³-hybridized carbons (Fsp3) is 0.303. The highest BCUT2D eigenvalue weighted by Crippen LogP contribution is 2.38. The van der Waals surface area contributed by atoms with Gasteiger partial charge in [0.25, 0.3) is 5.69 Å². The lowest BCUT2D eigenvalue weighted by Crippen LogP contribution is -2.34. The quantitative estimate of drug-likeness (QED) is 0.0759. The molecule has 4 aromatic rings. The van der Waals surface area contributed by atoms with E-state index in [1.54, 1.807) is 37.6 Å². The first-order valence-electron chi connectivity index (χ1n) is 14.9. The fourth-order valence-electron chi connectivity index (χ4n) is 5.11. The van der Waals surface area contributed by atoms with Gasteiger partial charge in [-0.2, -0.15) is 5.10 Å². The van der Waals surface area contributed by atoms with Gasteiger partial charge in [0.2, 0.25) is 0 Å². The van der Waals surface area contributed by atoms with Crippen molar-refractivity contribution in [2.75, 3.05) is 38.7 Å². The summed E-state index contributed by atoms with van der Waals surface area (Å²) < 4.78 is 32.6. The van der Waals surface area contributed by atoms with Crippen molar-refractivity contribution in [2.45, 2.75) is 26.2 Å². The van der Waals surface area contributed by atoms with Gasteiger partial charge >= 0.3 is 6.03 Å². The first-order valence-corrected chi connectivity index (χ1v) is 14.9. The van der Waals surface area contributed by atoms with Crippen LogP contribution in [0, 0.1) is 21.8 Å². The lowest BCUT2D eigenvalue weighted by atomic mass is 9.99. The Morgan fingerprint density at radius 2 is 1.91 bits per heavy atom. The molecule has 1 fully saturated rings. The van der Waals surface area contributed by atoms with E-state index in [4.69, 9.17) is 14.2 Å². The lowest BCUT2D eigenvalue weighted by molar-refractivity contribution is -0.385. The van der Waals surface area contributed by atoms with Crippen LogP contribution in [0.5, 0.6) is 23.0 Å². The van der Waals surface area contributed by atoms with Crippen LogP contribution >= 0.6 is 0 Å². The van der Waals surface area contributed by atoms with Crippen LogP contribution in [-0.4, -0.2) is 60.4 Å². The number of urea groups is 1. The minimum absolute atomic E-state index is 0.0701. The largest absolute Gasteiger partial charge is 0.493 e. The van der Waals surface area contributed by atoms with Crippen molar-refractivity contribution in [2.24, 2.45) is 11.0 Å². The number of likely N-dealkylation sites (tertiary alicyclic amines) is 1. The van der Waals surface area contributed by atoms with Gasteiger partial charge in [0.15, 0.2) is 23.1 Å². The Morgan fingerprint density at radius 1 is 1.11 bits per heavy atom. The molecule has 12 nitrogen and oxygen atoms in total. The number of nitro groups is 1. The van der Waals surface area contributed by atoms with Gasteiger partial charge in [0.1, 0.15) is 5.75 Å². The fourth-order valence-corrected chi connectivity index (χ4v) is 5.11. The lowest BCUT2D eigenvalue weighted by Gasteiger charge is -2.30. The molecule has 2 heterocycles. The number of piperidine rings is 1. The number of nitrogens with zero attached hydrogens (tertiary/aromatic N) is 4. The van der Waals surface area contributed by atoms with Gasteiger partial charge in [-0.15, -0.1) is 0 Å².